The van der Waals surface area contributed by atoms with E-state index in [1.54, 1.807) is 6.20 Å². The van der Waals surface area contributed by atoms with E-state index in [0.717, 1.165) is 5.69 Å². The van der Waals surface area contributed by atoms with E-state index >= 15 is 0 Å². The van der Waals surface area contributed by atoms with Crippen LogP contribution in [-0.2, 0) is 6.54 Å². The third-order valence-corrected chi connectivity index (χ3v) is 3.94. The quantitative estimate of drug-likeness (QED) is 0.687. The summed E-state index contributed by atoms with van der Waals surface area (Å²) >= 11 is 0. The van der Waals surface area contributed by atoms with Crippen molar-refractivity contribution in [3.05, 3.63) is 71.4 Å². The first-order valence-electron chi connectivity index (χ1n) is 8.47. The molecule has 0 aliphatic heterocycles. The zero-order valence-electron chi connectivity index (χ0n) is 14.8. The van der Waals surface area contributed by atoms with Gasteiger partial charge in [-0.1, -0.05) is 61.9 Å². The largest absolute Gasteiger partial charge is 0.349 e. The van der Waals surface area contributed by atoms with Gasteiger partial charge in [-0.2, -0.15) is 10.1 Å². The molecule has 0 aliphatic carbocycles. The van der Waals surface area contributed by atoms with Crippen LogP contribution in [-0.4, -0.2) is 15.2 Å². The van der Waals surface area contributed by atoms with Gasteiger partial charge in [0.2, 0.25) is 5.95 Å². The molecule has 3 aromatic rings. The number of para-hydroxylation sites is 1. The van der Waals surface area contributed by atoms with E-state index in [9.17, 15) is 0 Å². The Hall–Kier alpha value is -2.95. The van der Waals surface area contributed by atoms with Crippen LogP contribution >= 0.6 is 0 Å². The van der Waals surface area contributed by atoms with Crippen molar-refractivity contribution in [2.45, 2.75) is 33.2 Å². The number of aryl methyl sites for hydroxylation is 1. The predicted molar refractivity (Wildman–Crippen MR) is 102 cm³/mol. The first kappa shape index (κ1) is 16.9. The minimum absolute atomic E-state index is 0.428. The van der Waals surface area contributed by atoms with Gasteiger partial charge >= 0.3 is 0 Å². The summed E-state index contributed by atoms with van der Waals surface area (Å²) in [7, 11) is 0. The van der Waals surface area contributed by atoms with Gasteiger partial charge in [-0.05, 0) is 30.0 Å². The van der Waals surface area contributed by atoms with E-state index in [-0.39, 0.29) is 0 Å². The Bertz CT molecular complexity index is 845. The van der Waals surface area contributed by atoms with Crippen LogP contribution in [0.15, 0.2) is 54.7 Å². The number of aromatic nitrogens is 3. The maximum Gasteiger partial charge on any atom is 0.244 e. The van der Waals surface area contributed by atoms with Gasteiger partial charge in [-0.3, -0.25) is 0 Å². The molecule has 0 saturated heterocycles. The number of anilines is 3. The van der Waals surface area contributed by atoms with Crippen molar-refractivity contribution in [1.82, 2.24) is 15.2 Å². The zero-order chi connectivity index (χ0) is 17.6. The van der Waals surface area contributed by atoms with Gasteiger partial charge in [0.15, 0.2) is 5.82 Å². The summed E-state index contributed by atoms with van der Waals surface area (Å²) in [6.45, 7) is 7.09. The lowest BCUT2D eigenvalue weighted by Gasteiger charge is -2.14. The first-order valence-corrected chi connectivity index (χ1v) is 8.47. The van der Waals surface area contributed by atoms with Crippen LogP contribution in [0.5, 0.6) is 0 Å². The molecule has 0 bridgehead atoms. The number of nitrogens with one attached hydrogen (secondary N) is 2. The van der Waals surface area contributed by atoms with E-state index in [1.807, 2.05) is 18.2 Å². The van der Waals surface area contributed by atoms with Gasteiger partial charge in [0, 0.05) is 12.2 Å². The van der Waals surface area contributed by atoms with Crippen molar-refractivity contribution in [1.29, 1.82) is 0 Å². The van der Waals surface area contributed by atoms with E-state index in [1.165, 1.54) is 16.7 Å². The van der Waals surface area contributed by atoms with Gasteiger partial charge in [-0.25, -0.2) is 0 Å². The molecule has 3 rings (SSSR count). The molecular formula is C20H23N5. The zero-order valence-corrected chi connectivity index (χ0v) is 14.8. The van der Waals surface area contributed by atoms with Crippen molar-refractivity contribution in [3.8, 4) is 0 Å². The van der Waals surface area contributed by atoms with E-state index in [2.05, 4.69) is 76.9 Å². The fraction of sp³-hybridized carbons (Fsp3) is 0.250. The molecule has 25 heavy (non-hydrogen) atoms. The van der Waals surface area contributed by atoms with E-state index in [4.69, 9.17) is 0 Å². The molecule has 1 aromatic heterocycles. The number of nitrogens with zero attached hydrogens (tertiary/aromatic N) is 3. The first-order chi connectivity index (χ1) is 12.1. The summed E-state index contributed by atoms with van der Waals surface area (Å²) in [5.74, 6) is 1.61. The maximum absolute atomic E-state index is 4.51. The average molecular weight is 333 g/mol. The van der Waals surface area contributed by atoms with Crippen molar-refractivity contribution < 1.29 is 0 Å². The SMILES string of the molecule is Cc1cccc(CNc2nncc(Nc3ccccc3C(C)C)n2)c1. The highest BCUT2D eigenvalue weighted by atomic mass is 15.3. The number of rotatable bonds is 6. The normalized spacial score (nSPS) is 10.7. The van der Waals surface area contributed by atoms with Crippen LogP contribution in [0.3, 0.4) is 0 Å². The minimum Gasteiger partial charge on any atom is -0.349 e. The summed E-state index contributed by atoms with van der Waals surface area (Å²) in [4.78, 5) is 4.51. The fourth-order valence-corrected chi connectivity index (χ4v) is 2.69. The number of hydrogen-bond acceptors (Lipinski definition) is 5. The van der Waals surface area contributed by atoms with Gasteiger partial charge in [0.25, 0.3) is 0 Å². The lowest BCUT2D eigenvalue weighted by molar-refractivity contribution is 0.868. The molecule has 2 aromatic carbocycles. The molecule has 5 heteroatoms. The Labute approximate surface area is 148 Å². The maximum atomic E-state index is 4.51. The highest BCUT2D eigenvalue weighted by Crippen LogP contribution is 2.26. The van der Waals surface area contributed by atoms with Crippen LogP contribution in [0.4, 0.5) is 17.5 Å². The summed E-state index contributed by atoms with van der Waals surface area (Å²) in [6, 6.07) is 16.6. The van der Waals surface area contributed by atoms with Gasteiger partial charge in [-0.15, -0.1) is 5.10 Å². The van der Waals surface area contributed by atoms with Crippen LogP contribution in [0.2, 0.25) is 0 Å². The molecule has 2 N–H and O–H groups in total. The summed E-state index contributed by atoms with van der Waals surface area (Å²) < 4.78 is 0. The third kappa shape index (κ3) is 4.53. The van der Waals surface area contributed by atoms with Crippen LogP contribution in [0.25, 0.3) is 0 Å². The van der Waals surface area contributed by atoms with Crippen LogP contribution < -0.4 is 10.6 Å². The highest BCUT2D eigenvalue weighted by Gasteiger charge is 2.07. The van der Waals surface area contributed by atoms with Crippen LogP contribution in [0, 0.1) is 6.92 Å². The Morgan fingerprint density at radius 1 is 1.04 bits per heavy atom. The highest BCUT2D eigenvalue weighted by molar-refractivity contribution is 5.61. The minimum atomic E-state index is 0.428. The van der Waals surface area contributed by atoms with Crippen molar-refractivity contribution in [2.24, 2.45) is 0 Å². The molecule has 0 spiro atoms. The van der Waals surface area contributed by atoms with Crippen molar-refractivity contribution in [2.75, 3.05) is 10.6 Å². The number of benzene rings is 2. The second kappa shape index (κ2) is 7.75. The number of hydrogen-bond donors (Lipinski definition) is 2. The second-order valence-electron chi connectivity index (χ2n) is 6.37. The third-order valence-electron chi connectivity index (χ3n) is 3.94. The topological polar surface area (TPSA) is 62.7 Å². The lowest BCUT2D eigenvalue weighted by atomic mass is 10.0. The Balaban J connectivity index is 1.72. The van der Waals surface area contributed by atoms with Gasteiger partial charge in [0.05, 0.1) is 6.20 Å². The Morgan fingerprint density at radius 3 is 2.68 bits per heavy atom. The van der Waals surface area contributed by atoms with Crippen LogP contribution in [0.1, 0.15) is 36.5 Å². The Morgan fingerprint density at radius 2 is 1.88 bits per heavy atom. The summed E-state index contributed by atoms with van der Waals surface area (Å²) in [5.41, 5.74) is 4.71. The molecule has 0 saturated carbocycles. The fourth-order valence-electron chi connectivity index (χ4n) is 2.69. The summed E-state index contributed by atoms with van der Waals surface area (Å²) in [5, 5.41) is 14.7. The van der Waals surface area contributed by atoms with Gasteiger partial charge < -0.3 is 10.6 Å². The molecule has 1 heterocycles. The second-order valence-corrected chi connectivity index (χ2v) is 6.37. The predicted octanol–water partition coefficient (Wildman–Crippen LogP) is 4.66. The molecule has 0 aliphatic rings. The molecule has 0 amide bonds. The molecule has 0 radical (unpaired) electrons. The van der Waals surface area contributed by atoms with Crippen molar-refractivity contribution in [3.63, 3.8) is 0 Å². The molecule has 0 atom stereocenters. The molecular weight excluding hydrogens is 310 g/mol. The van der Waals surface area contributed by atoms with Gasteiger partial charge in [0.1, 0.15) is 0 Å². The monoisotopic (exact) mass is 333 g/mol. The molecule has 128 valence electrons. The molecule has 0 unspecified atom stereocenters. The summed E-state index contributed by atoms with van der Waals surface area (Å²) in [6.07, 6.45) is 1.63. The molecule has 0 fully saturated rings. The average Bonchev–Trinajstić information content (AvgIpc) is 2.61. The van der Waals surface area contributed by atoms with E-state index in [0.29, 0.717) is 24.2 Å². The standard InChI is InChI=1S/C20H23N5/c1-14(2)17-9-4-5-10-18(17)23-19-13-22-25-20(24-19)21-12-16-8-6-7-15(3)11-16/h4-11,13-14H,12H2,1-3H3,(H2,21,23,24,25). The molecule has 5 nitrogen and oxygen atoms in total. The van der Waals surface area contributed by atoms with E-state index < -0.39 is 0 Å². The van der Waals surface area contributed by atoms with Crippen molar-refractivity contribution >= 4 is 17.5 Å². The lowest BCUT2D eigenvalue weighted by Crippen LogP contribution is -2.07. The Kier molecular flexibility index (Phi) is 5.23. The smallest absolute Gasteiger partial charge is 0.244 e.